The first-order valence-corrected chi connectivity index (χ1v) is 8.72. The van der Waals surface area contributed by atoms with E-state index in [2.05, 4.69) is 38.2 Å². The van der Waals surface area contributed by atoms with Gasteiger partial charge in [0.25, 0.3) is 0 Å². The van der Waals surface area contributed by atoms with E-state index >= 15 is 0 Å². The van der Waals surface area contributed by atoms with Crippen LogP contribution in [0, 0.1) is 20.8 Å². The third-order valence-corrected chi connectivity index (χ3v) is 4.57. The van der Waals surface area contributed by atoms with Crippen molar-refractivity contribution in [3.8, 4) is 17.2 Å². The lowest BCUT2D eigenvalue weighted by Crippen LogP contribution is -2.20. The number of hydrogen-bond acceptors (Lipinski definition) is 4. The standard InChI is InChI=1S/C22H27NO4/c1-14-9-17(10-15(2)16(14)3)7-8-21(24)23-13-18-11-19(25-4)22(27-6)20(12-18)26-5/h7-12H,13H2,1-6H3,(H,23,24)/b8-7+. The maximum absolute atomic E-state index is 12.2. The van der Waals surface area contributed by atoms with Crippen LogP contribution in [0.5, 0.6) is 17.2 Å². The number of methoxy groups -OCH3 is 3. The Labute approximate surface area is 161 Å². The predicted molar refractivity (Wildman–Crippen MR) is 108 cm³/mol. The van der Waals surface area contributed by atoms with Crippen LogP contribution in [0.2, 0.25) is 0 Å². The number of rotatable bonds is 7. The maximum atomic E-state index is 12.2. The number of carbonyl (C=O) groups excluding carboxylic acids is 1. The summed E-state index contributed by atoms with van der Waals surface area (Å²) in [7, 11) is 4.68. The van der Waals surface area contributed by atoms with Crippen LogP contribution >= 0.6 is 0 Å². The molecule has 0 radical (unpaired) electrons. The number of hydrogen-bond donors (Lipinski definition) is 1. The molecule has 0 saturated carbocycles. The number of aryl methyl sites for hydroxylation is 2. The molecule has 0 unspecified atom stereocenters. The van der Waals surface area contributed by atoms with Gasteiger partial charge < -0.3 is 19.5 Å². The first kappa shape index (κ1) is 20.4. The molecule has 0 fully saturated rings. The molecule has 27 heavy (non-hydrogen) atoms. The van der Waals surface area contributed by atoms with Gasteiger partial charge in [0.2, 0.25) is 11.7 Å². The zero-order valence-electron chi connectivity index (χ0n) is 16.8. The van der Waals surface area contributed by atoms with E-state index in [4.69, 9.17) is 14.2 Å². The topological polar surface area (TPSA) is 56.8 Å². The van der Waals surface area contributed by atoms with Gasteiger partial charge in [-0.2, -0.15) is 0 Å². The fraction of sp³-hybridized carbons (Fsp3) is 0.318. The minimum atomic E-state index is -0.167. The van der Waals surface area contributed by atoms with Crippen molar-refractivity contribution < 1.29 is 19.0 Å². The Morgan fingerprint density at radius 3 is 1.96 bits per heavy atom. The highest BCUT2D eigenvalue weighted by Gasteiger charge is 2.13. The van der Waals surface area contributed by atoms with Crippen LogP contribution in [-0.2, 0) is 11.3 Å². The van der Waals surface area contributed by atoms with Gasteiger partial charge in [0.05, 0.1) is 21.3 Å². The Hall–Kier alpha value is -2.95. The normalized spacial score (nSPS) is 10.7. The van der Waals surface area contributed by atoms with Crippen LogP contribution in [0.1, 0.15) is 27.8 Å². The van der Waals surface area contributed by atoms with Gasteiger partial charge in [0, 0.05) is 12.6 Å². The van der Waals surface area contributed by atoms with Gasteiger partial charge in [0.15, 0.2) is 11.5 Å². The fourth-order valence-corrected chi connectivity index (χ4v) is 2.82. The summed E-state index contributed by atoms with van der Waals surface area (Å²) >= 11 is 0. The molecule has 0 bridgehead atoms. The molecule has 0 aromatic heterocycles. The van der Waals surface area contributed by atoms with Crippen LogP contribution < -0.4 is 19.5 Å². The van der Waals surface area contributed by atoms with E-state index < -0.39 is 0 Å². The molecule has 0 aliphatic carbocycles. The summed E-state index contributed by atoms with van der Waals surface area (Å²) in [6.07, 6.45) is 3.37. The van der Waals surface area contributed by atoms with Gasteiger partial charge in [-0.1, -0.05) is 12.1 Å². The summed E-state index contributed by atoms with van der Waals surface area (Å²) < 4.78 is 16.0. The Morgan fingerprint density at radius 2 is 1.48 bits per heavy atom. The zero-order valence-corrected chi connectivity index (χ0v) is 16.8. The van der Waals surface area contributed by atoms with Crippen molar-refractivity contribution in [2.24, 2.45) is 0 Å². The first-order valence-electron chi connectivity index (χ1n) is 8.72. The van der Waals surface area contributed by atoms with E-state index in [1.165, 1.54) is 16.7 Å². The highest BCUT2D eigenvalue weighted by molar-refractivity contribution is 5.91. The summed E-state index contributed by atoms with van der Waals surface area (Å²) in [5.41, 5.74) is 5.57. The van der Waals surface area contributed by atoms with Gasteiger partial charge in [-0.3, -0.25) is 4.79 Å². The van der Waals surface area contributed by atoms with Gasteiger partial charge in [-0.15, -0.1) is 0 Å². The second-order valence-electron chi connectivity index (χ2n) is 6.36. The predicted octanol–water partition coefficient (Wildman–Crippen LogP) is 3.97. The summed E-state index contributed by atoms with van der Waals surface area (Å²) in [6, 6.07) is 7.78. The van der Waals surface area contributed by atoms with E-state index in [0.29, 0.717) is 23.8 Å². The van der Waals surface area contributed by atoms with Gasteiger partial charge in [0.1, 0.15) is 0 Å². The summed E-state index contributed by atoms with van der Waals surface area (Å²) in [4.78, 5) is 12.2. The molecular weight excluding hydrogens is 342 g/mol. The highest BCUT2D eigenvalue weighted by atomic mass is 16.5. The molecule has 0 saturated heterocycles. The summed E-state index contributed by atoms with van der Waals surface area (Å²) in [6.45, 7) is 6.60. The molecule has 5 heteroatoms. The van der Waals surface area contributed by atoms with Crippen molar-refractivity contribution in [2.75, 3.05) is 21.3 Å². The minimum absolute atomic E-state index is 0.167. The molecule has 0 heterocycles. The molecule has 0 aliphatic rings. The monoisotopic (exact) mass is 369 g/mol. The van der Waals surface area contributed by atoms with Crippen molar-refractivity contribution in [3.63, 3.8) is 0 Å². The Bertz CT molecular complexity index is 807. The molecule has 1 amide bonds. The quantitative estimate of drug-likeness (QED) is 0.751. The number of benzene rings is 2. The van der Waals surface area contributed by atoms with Crippen LogP contribution in [0.4, 0.5) is 0 Å². The van der Waals surface area contributed by atoms with Crippen LogP contribution in [0.25, 0.3) is 6.08 Å². The van der Waals surface area contributed by atoms with E-state index in [-0.39, 0.29) is 5.91 Å². The molecule has 2 aromatic carbocycles. The number of amides is 1. The Kier molecular flexibility index (Phi) is 6.88. The SMILES string of the molecule is COc1cc(CNC(=O)/C=C/c2cc(C)c(C)c(C)c2)cc(OC)c1OC. The fourth-order valence-electron chi connectivity index (χ4n) is 2.82. The molecule has 144 valence electrons. The van der Waals surface area contributed by atoms with E-state index in [1.54, 1.807) is 27.4 Å². The van der Waals surface area contributed by atoms with Crippen molar-refractivity contribution >= 4 is 12.0 Å². The number of ether oxygens (including phenoxy) is 3. The number of nitrogens with one attached hydrogen (secondary N) is 1. The molecule has 0 atom stereocenters. The lowest BCUT2D eigenvalue weighted by molar-refractivity contribution is -0.116. The Balaban J connectivity index is 2.07. The molecule has 2 rings (SSSR count). The smallest absolute Gasteiger partial charge is 0.244 e. The molecule has 1 N–H and O–H groups in total. The van der Waals surface area contributed by atoms with Crippen molar-refractivity contribution in [1.82, 2.24) is 5.32 Å². The van der Waals surface area contributed by atoms with Crippen molar-refractivity contribution in [1.29, 1.82) is 0 Å². The molecular formula is C22H27NO4. The second-order valence-corrected chi connectivity index (χ2v) is 6.36. The van der Waals surface area contributed by atoms with Gasteiger partial charge in [-0.25, -0.2) is 0 Å². The first-order chi connectivity index (χ1) is 12.9. The number of carbonyl (C=O) groups is 1. The average molecular weight is 369 g/mol. The molecule has 2 aromatic rings. The van der Waals surface area contributed by atoms with Gasteiger partial charge in [-0.05, 0) is 66.8 Å². The lowest BCUT2D eigenvalue weighted by atomic mass is 10.0. The third-order valence-electron chi connectivity index (χ3n) is 4.57. The van der Waals surface area contributed by atoms with Crippen LogP contribution in [-0.4, -0.2) is 27.2 Å². The van der Waals surface area contributed by atoms with E-state index in [9.17, 15) is 4.79 Å². The van der Waals surface area contributed by atoms with Crippen molar-refractivity contribution in [3.05, 3.63) is 58.2 Å². The van der Waals surface area contributed by atoms with E-state index in [0.717, 1.165) is 11.1 Å². The third kappa shape index (κ3) is 5.03. The molecule has 5 nitrogen and oxygen atoms in total. The summed E-state index contributed by atoms with van der Waals surface area (Å²) in [5, 5.41) is 2.87. The highest BCUT2D eigenvalue weighted by Crippen LogP contribution is 2.38. The van der Waals surface area contributed by atoms with Crippen LogP contribution in [0.15, 0.2) is 30.3 Å². The van der Waals surface area contributed by atoms with Gasteiger partial charge >= 0.3 is 0 Å². The van der Waals surface area contributed by atoms with Crippen LogP contribution in [0.3, 0.4) is 0 Å². The Morgan fingerprint density at radius 1 is 0.926 bits per heavy atom. The van der Waals surface area contributed by atoms with Crippen molar-refractivity contribution in [2.45, 2.75) is 27.3 Å². The minimum Gasteiger partial charge on any atom is -0.493 e. The second kappa shape index (κ2) is 9.12. The molecule has 0 spiro atoms. The average Bonchev–Trinajstić information content (AvgIpc) is 2.67. The maximum Gasteiger partial charge on any atom is 0.244 e. The zero-order chi connectivity index (χ0) is 20.0. The largest absolute Gasteiger partial charge is 0.493 e. The summed E-state index contributed by atoms with van der Waals surface area (Å²) in [5.74, 6) is 1.48. The lowest BCUT2D eigenvalue weighted by Gasteiger charge is -2.14. The van der Waals surface area contributed by atoms with E-state index in [1.807, 2.05) is 18.2 Å². The molecule has 0 aliphatic heterocycles.